The molecule has 2 aromatic rings. The van der Waals surface area contributed by atoms with E-state index in [1.807, 2.05) is 4.57 Å². The average molecular weight is 265 g/mol. The van der Waals surface area contributed by atoms with Gasteiger partial charge in [-0.3, -0.25) is 0 Å². The van der Waals surface area contributed by atoms with E-state index in [-0.39, 0.29) is 0 Å². The van der Waals surface area contributed by atoms with E-state index < -0.39 is 11.6 Å². The molecule has 19 heavy (non-hydrogen) atoms. The van der Waals surface area contributed by atoms with Crippen molar-refractivity contribution in [3.05, 3.63) is 47.8 Å². The first-order valence-electron chi connectivity index (χ1n) is 6.39. The standard InChI is InChI=1S/C14H17F2N3/c1-2-3-6-17-14-18-7-8-19(14)10-11-4-5-12(15)9-13(11)16/h4-5,7-9H,2-3,6,10H2,1H3,(H,17,18). The van der Waals surface area contributed by atoms with Crippen LogP contribution in [0.5, 0.6) is 0 Å². The quantitative estimate of drug-likeness (QED) is 0.811. The first-order chi connectivity index (χ1) is 9.20. The van der Waals surface area contributed by atoms with Gasteiger partial charge in [0.25, 0.3) is 0 Å². The molecule has 0 spiro atoms. The summed E-state index contributed by atoms with van der Waals surface area (Å²) in [6.45, 7) is 3.28. The van der Waals surface area contributed by atoms with Crippen LogP contribution in [0.2, 0.25) is 0 Å². The number of anilines is 1. The summed E-state index contributed by atoms with van der Waals surface area (Å²) in [5.74, 6) is -0.390. The van der Waals surface area contributed by atoms with E-state index in [1.165, 1.54) is 12.1 Å². The van der Waals surface area contributed by atoms with Crippen LogP contribution in [0.3, 0.4) is 0 Å². The molecule has 102 valence electrons. The molecule has 0 radical (unpaired) electrons. The molecule has 0 fully saturated rings. The highest BCUT2D eigenvalue weighted by atomic mass is 19.1. The molecule has 0 saturated carbocycles. The molecule has 0 atom stereocenters. The fourth-order valence-electron chi connectivity index (χ4n) is 1.81. The van der Waals surface area contributed by atoms with Gasteiger partial charge in [0.1, 0.15) is 11.6 Å². The highest BCUT2D eigenvalue weighted by Crippen LogP contribution is 2.14. The third-order valence-electron chi connectivity index (χ3n) is 2.88. The topological polar surface area (TPSA) is 29.9 Å². The fraction of sp³-hybridized carbons (Fsp3) is 0.357. The lowest BCUT2D eigenvalue weighted by Crippen LogP contribution is -2.10. The van der Waals surface area contributed by atoms with E-state index in [0.29, 0.717) is 18.1 Å². The lowest BCUT2D eigenvalue weighted by molar-refractivity contribution is 0.566. The van der Waals surface area contributed by atoms with Gasteiger partial charge in [-0.05, 0) is 12.5 Å². The predicted octanol–water partition coefficient (Wildman–Crippen LogP) is 3.42. The average Bonchev–Trinajstić information content (AvgIpc) is 2.81. The van der Waals surface area contributed by atoms with E-state index in [9.17, 15) is 8.78 Å². The third kappa shape index (κ3) is 3.53. The molecule has 1 heterocycles. The minimum atomic E-state index is -0.562. The van der Waals surface area contributed by atoms with Crippen molar-refractivity contribution in [1.29, 1.82) is 0 Å². The summed E-state index contributed by atoms with van der Waals surface area (Å²) in [6.07, 6.45) is 5.59. The van der Waals surface area contributed by atoms with Crippen LogP contribution >= 0.6 is 0 Å². The number of benzene rings is 1. The van der Waals surface area contributed by atoms with Gasteiger partial charge in [0.05, 0.1) is 6.54 Å². The zero-order valence-corrected chi connectivity index (χ0v) is 10.9. The van der Waals surface area contributed by atoms with Gasteiger partial charge < -0.3 is 9.88 Å². The van der Waals surface area contributed by atoms with Crippen LogP contribution < -0.4 is 5.32 Å². The number of imidazole rings is 1. The van der Waals surface area contributed by atoms with Gasteiger partial charge in [-0.15, -0.1) is 0 Å². The maximum absolute atomic E-state index is 13.6. The maximum atomic E-state index is 13.6. The Hall–Kier alpha value is -1.91. The molecule has 3 nitrogen and oxygen atoms in total. The van der Waals surface area contributed by atoms with Crippen molar-refractivity contribution in [3.63, 3.8) is 0 Å². The number of hydrogen-bond donors (Lipinski definition) is 1. The number of nitrogens with one attached hydrogen (secondary N) is 1. The van der Waals surface area contributed by atoms with Crippen molar-refractivity contribution in [2.45, 2.75) is 26.3 Å². The smallest absolute Gasteiger partial charge is 0.203 e. The van der Waals surface area contributed by atoms with Gasteiger partial charge in [-0.1, -0.05) is 19.4 Å². The van der Waals surface area contributed by atoms with E-state index in [1.54, 1.807) is 12.4 Å². The van der Waals surface area contributed by atoms with Crippen molar-refractivity contribution in [2.75, 3.05) is 11.9 Å². The molecule has 1 aromatic carbocycles. The van der Waals surface area contributed by atoms with Crippen LogP contribution in [0.15, 0.2) is 30.6 Å². The molecule has 0 unspecified atom stereocenters. The lowest BCUT2D eigenvalue weighted by Gasteiger charge is -2.10. The summed E-state index contributed by atoms with van der Waals surface area (Å²) in [5, 5.41) is 3.20. The Kier molecular flexibility index (Phi) is 4.49. The normalized spacial score (nSPS) is 10.7. The summed E-state index contributed by atoms with van der Waals surface area (Å²) < 4.78 is 28.2. The summed E-state index contributed by atoms with van der Waals surface area (Å²) in [5.41, 5.74) is 0.443. The molecule has 1 N–H and O–H groups in total. The van der Waals surface area contributed by atoms with Crippen molar-refractivity contribution in [3.8, 4) is 0 Å². The number of hydrogen-bond acceptors (Lipinski definition) is 2. The van der Waals surface area contributed by atoms with Gasteiger partial charge >= 0.3 is 0 Å². The third-order valence-corrected chi connectivity index (χ3v) is 2.88. The molecule has 0 bridgehead atoms. The first-order valence-corrected chi connectivity index (χ1v) is 6.39. The highest BCUT2D eigenvalue weighted by molar-refractivity contribution is 5.28. The van der Waals surface area contributed by atoms with Gasteiger partial charge in [0, 0.05) is 30.6 Å². The van der Waals surface area contributed by atoms with Gasteiger partial charge in [0.2, 0.25) is 5.95 Å². The summed E-state index contributed by atoms with van der Waals surface area (Å²) in [7, 11) is 0. The largest absolute Gasteiger partial charge is 0.356 e. The van der Waals surface area contributed by atoms with Crippen LogP contribution in [-0.4, -0.2) is 16.1 Å². The second-order valence-electron chi connectivity index (χ2n) is 4.39. The van der Waals surface area contributed by atoms with E-state index >= 15 is 0 Å². The number of rotatable bonds is 6. The Morgan fingerprint density at radius 1 is 1.32 bits per heavy atom. The lowest BCUT2D eigenvalue weighted by atomic mass is 10.2. The molecule has 0 aliphatic heterocycles. The Balaban J connectivity index is 2.08. The SMILES string of the molecule is CCCCNc1nccn1Cc1ccc(F)cc1F. The van der Waals surface area contributed by atoms with Crippen molar-refractivity contribution < 1.29 is 8.78 Å². The van der Waals surface area contributed by atoms with Crippen LogP contribution in [0.1, 0.15) is 25.3 Å². The Morgan fingerprint density at radius 2 is 2.16 bits per heavy atom. The predicted molar refractivity (Wildman–Crippen MR) is 71.1 cm³/mol. The van der Waals surface area contributed by atoms with Gasteiger partial charge in [0.15, 0.2) is 0 Å². The van der Waals surface area contributed by atoms with Crippen molar-refractivity contribution >= 4 is 5.95 Å². The van der Waals surface area contributed by atoms with Gasteiger partial charge in [-0.2, -0.15) is 0 Å². The Morgan fingerprint density at radius 3 is 2.89 bits per heavy atom. The minimum Gasteiger partial charge on any atom is -0.356 e. The number of nitrogens with zero attached hydrogens (tertiary/aromatic N) is 2. The van der Waals surface area contributed by atoms with Crippen LogP contribution in [-0.2, 0) is 6.54 Å². The second kappa shape index (κ2) is 6.31. The van der Waals surface area contributed by atoms with Gasteiger partial charge in [-0.25, -0.2) is 13.8 Å². The van der Waals surface area contributed by atoms with Crippen LogP contribution in [0.4, 0.5) is 14.7 Å². The van der Waals surface area contributed by atoms with Crippen molar-refractivity contribution in [1.82, 2.24) is 9.55 Å². The van der Waals surface area contributed by atoms with E-state index in [0.717, 1.165) is 25.5 Å². The summed E-state index contributed by atoms with van der Waals surface area (Å²) >= 11 is 0. The molecule has 2 rings (SSSR count). The van der Waals surface area contributed by atoms with Crippen LogP contribution in [0.25, 0.3) is 0 Å². The number of unbranched alkanes of at least 4 members (excludes halogenated alkanes) is 1. The van der Waals surface area contributed by atoms with E-state index in [2.05, 4.69) is 17.2 Å². The summed E-state index contributed by atoms with van der Waals surface area (Å²) in [6, 6.07) is 3.62. The molecule has 0 amide bonds. The molecule has 1 aromatic heterocycles. The highest BCUT2D eigenvalue weighted by Gasteiger charge is 2.07. The fourth-order valence-corrected chi connectivity index (χ4v) is 1.81. The minimum absolute atomic E-state index is 0.334. The first kappa shape index (κ1) is 13.5. The Bertz CT molecular complexity index is 537. The number of aromatic nitrogens is 2. The monoisotopic (exact) mass is 265 g/mol. The van der Waals surface area contributed by atoms with E-state index in [4.69, 9.17) is 0 Å². The molecule has 0 saturated heterocycles. The zero-order chi connectivity index (χ0) is 13.7. The molecular formula is C14H17F2N3. The molecule has 5 heteroatoms. The molecule has 0 aliphatic rings. The zero-order valence-electron chi connectivity index (χ0n) is 10.9. The number of halogens is 2. The molecule has 0 aliphatic carbocycles. The van der Waals surface area contributed by atoms with Crippen LogP contribution in [0, 0.1) is 11.6 Å². The summed E-state index contributed by atoms with van der Waals surface area (Å²) in [4.78, 5) is 4.19. The Labute approximate surface area is 111 Å². The maximum Gasteiger partial charge on any atom is 0.203 e. The second-order valence-corrected chi connectivity index (χ2v) is 4.39. The molecular weight excluding hydrogens is 248 g/mol. The van der Waals surface area contributed by atoms with Crippen molar-refractivity contribution in [2.24, 2.45) is 0 Å².